The van der Waals surface area contributed by atoms with Crippen molar-refractivity contribution in [2.45, 2.75) is 27.2 Å². The maximum atomic E-state index is 12.7. The lowest BCUT2D eigenvalue weighted by molar-refractivity contribution is -0.137. The second kappa shape index (κ2) is 9.49. The third kappa shape index (κ3) is 4.88. The van der Waals surface area contributed by atoms with Gasteiger partial charge in [0.15, 0.2) is 0 Å². The van der Waals surface area contributed by atoms with Gasteiger partial charge in [0.25, 0.3) is 5.91 Å². The molecule has 0 atom stereocenters. The van der Waals surface area contributed by atoms with E-state index < -0.39 is 5.97 Å². The number of thiocarbonyl (C=S) groups is 1. The molecule has 0 aliphatic carbocycles. The molecule has 0 radical (unpaired) electrons. The summed E-state index contributed by atoms with van der Waals surface area (Å²) in [5, 5.41) is 8.87. The van der Waals surface area contributed by atoms with Crippen LogP contribution >= 0.6 is 24.0 Å². The topological polar surface area (TPSA) is 88.8 Å². The van der Waals surface area contributed by atoms with E-state index in [1.165, 1.54) is 16.7 Å². The first-order valence-corrected chi connectivity index (χ1v) is 10.9. The number of rotatable bonds is 7. The van der Waals surface area contributed by atoms with Crippen molar-refractivity contribution in [2.24, 2.45) is 0 Å². The standard InChI is InChI=1S/C22H22N2O5S2/c1-4-29-21(28)15-5-7-17(8-6-15)24-13(2)11-16(14(24)3)12-18-20(27)23(22(30)31-18)10-9-19(25)26/h5-8,11-12H,4,9-10H2,1-3H3,(H,25,26)/b18-12-. The van der Waals surface area contributed by atoms with E-state index >= 15 is 0 Å². The van der Waals surface area contributed by atoms with E-state index in [1.54, 1.807) is 25.1 Å². The highest BCUT2D eigenvalue weighted by Gasteiger charge is 2.32. The van der Waals surface area contributed by atoms with Crippen LogP contribution < -0.4 is 0 Å². The molecular weight excluding hydrogens is 436 g/mol. The molecule has 7 nitrogen and oxygen atoms in total. The molecule has 0 bridgehead atoms. The quantitative estimate of drug-likeness (QED) is 0.382. The average Bonchev–Trinajstić information content (AvgIpc) is 3.15. The van der Waals surface area contributed by atoms with Crippen LogP contribution in [0.1, 0.15) is 40.7 Å². The molecule has 9 heteroatoms. The first kappa shape index (κ1) is 22.8. The lowest BCUT2D eigenvalue weighted by atomic mass is 10.2. The Morgan fingerprint density at radius 2 is 1.90 bits per heavy atom. The summed E-state index contributed by atoms with van der Waals surface area (Å²) in [5.74, 6) is -1.61. The minimum Gasteiger partial charge on any atom is -0.481 e. The fourth-order valence-corrected chi connectivity index (χ4v) is 4.63. The van der Waals surface area contributed by atoms with Gasteiger partial charge in [-0.3, -0.25) is 14.5 Å². The molecule has 1 aliphatic heterocycles. The van der Waals surface area contributed by atoms with E-state index in [2.05, 4.69) is 0 Å². The van der Waals surface area contributed by atoms with Gasteiger partial charge in [-0.15, -0.1) is 0 Å². The number of amides is 1. The summed E-state index contributed by atoms with van der Waals surface area (Å²) < 4.78 is 7.42. The van der Waals surface area contributed by atoms with Gasteiger partial charge in [0.1, 0.15) is 4.32 Å². The smallest absolute Gasteiger partial charge is 0.338 e. The number of esters is 1. The molecule has 2 heterocycles. The largest absolute Gasteiger partial charge is 0.481 e. The van der Waals surface area contributed by atoms with Crippen molar-refractivity contribution >= 4 is 52.2 Å². The molecule has 162 valence electrons. The normalized spacial score (nSPS) is 15.1. The number of carboxylic acids is 1. The van der Waals surface area contributed by atoms with Gasteiger partial charge in [-0.05, 0) is 62.7 Å². The average molecular weight is 459 g/mol. The lowest BCUT2D eigenvalue weighted by Gasteiger charge is -2.12. The van der Waals surface area contributed by atoms with Crippen LogP contribution in [0.4, 0.5) is 0 Å². The van der Waals surface area contributed by atoms with Crippen molar-refractivity contribution in [1.82, 2.24) is 9.47 Å². The van der Waals surface area contributed by atoms with Gasteiger partial charge in [0.2, 0.25) is 0 Å². The van der Waals surface area contributed by atoms with Crippen molar-refractivity contribution < 1.29 is 24.2 Å². The number of carbonyl (C=O) groups is 3. The fraction of sp³-hybridized carbons (Fsp3) is 0.273. The van der Waals surface area contributed by atoms with Crippen LogP contribution in [0.2, 0.25) is 0 Å². The second-order valence-corrected chi connectivity index (χ2v) is 8.58. The molecule has 0 spiro atoms. The molecular formula is C22H22N2O5S2. The Morgan fingerprint density at radius 3 is 2.52 bits per heavy atom. The molecule has 2 aromatic rings. The summed E-state index contributed by atoms with van der Waals surface area (Å²) in [6.45, 7) is 6.05. The first-order chi connectivity index (χ1) is 14.7. The molecule has 1 fully saturated rings. The molecule has 0 saturated carbocycles. The minimum atomic E-state index is -0.976. The summed E-state index contributed by atoms with van der Waals surface area (Å²) in [7, 11) is 0. The van der Waals surface area contributed by atoms with Gasteiger partial charge in [-0.25, -0.2) is 4.79 Å². The van der Waals surface area contributed by atoms with Crippen molar-refractivity contribution in [3.63, 3.8) is 0 Å². The number of ether oxygens (including phenoxy) is 1. The lowest BCUT2D eigenvalue weighted by Crippen LogP contribution is -2.30. The Labute approximate surface area is 189 Å². The van der Waals surface area contributed by atoms with Crippen molar-refractivity contribution in [1.29, 1.82) is 0 Å². The molecule has 3 rings (SSSR count). The van der Waals surface area contributed by atoms with Gasteiger partial charge in [0.05, 0.1) is 23.5 Å². The highest BCUT2D eigenvalue weighted by Crippen LogP contribution is 2.34. The number of aliphatic carboxylic acids is 1. The van der Waals surface area contributed by atoms with E-state index in [4.69, 9.17) is 22.1 Å². The van der Waals surface area contributed by atoms with E-state index in [9.17, 15) is 14.4 Å². The van der Waals surface area contributed by atoms with E-state index in [0.29, 0.717) is 21.4 Å². The summed E-state index contributed by atoms with van der Waals surface area (Å²) in [6, 6.07) is 9.11. The summed E-state index contributed by atoms with van der Waals surface area (Å²) in [4.78, 5) is 37.2. The number of hydrogen-bond donors (Lipinski definition) is 1. The van der Waals surface area contributed by atoms with Crippen LogP contribution in [0.25, 0.3) is 11.8 Å². The van der Waals surface area contributed by atoms with Crippen LogP contribution in [0.3, 0.4) is 0 Å². The van der Waals surface area contributed by atoms with Crippen molar-refractivity contribution in [3.05, 3.63) is 57.8 Å². The second-order valence-electron chi connectivity index (χ2n) is 6.91. The molecule has 1 aromatic heterocycles. The fourth-order valence-electron chi connectivity index (χ4n) is 3.33. The Hall–Kier alpha value is -2.91. The molecule has 1 saturated heterocycles. The molecule has 31 heavy (non-hydrogen) atoms. The zero-order valence-corrected chi connectivity index (χ0v) is 19.0. The molecule has 1 amide bonds. The zero-order valence-electron chi connectivity index (χ0n) is 17.4. The number of carboxylic acid groups (broad SMARTS) is 1. The van der Waals surface area contributed by atoms with E-state index in [-0.39, 0.29) is 24.8 Å². The van der Waals surface area contributed by atoms with Crippen molar-refractivity contribution in [3.8, 4) is 5.69 Å². The Morgan fingerprint density at radius 1 is 1.23 bits per heavy atom. The minimum absolute atomic E-state index is 0.0587. The highest BCUT2D eigenvalue weighted by atomic mass is 32.2. The predicted octanol–water partition coefficient (Wildman–Crippen LogP) is 3.95. The van der Waals surface area contributed by atoms with Crippen LogP contribution in [0.15, 0.2) is 35.2 Å². The number of nitrogens with zero attached hydrogens (tertiary/aromatic N) is 2. The Kier molecular flexibility index (Phi) is 6.97. The molecule has 0 unspecified atom stereocenters. The zero-order chi connectivity index (χ0) is 22.7. The van der Waals surface area contributed by atoms with Crippen LogP contribution in [-0.2, 0) is 14.3 Å². The number of carbonyl (C=O) groups excluding carboxylic acids is 2. The van der Waals surface area contributed by atoms with E-state index in [0.717, 1.165) is 22.6 Å². The highest BCUT2D eigenvalue weighted by molar-refractivity contribution is 8.26. The summed E-state index contributed by atoms with van der Waals surface area (Å²) >= 11 is 6.42. The Balaban J connectivity index is 1.87. The van der Waals surface area contributed by atoms with Gasteiger partial charge in [-0.1, -0.05) is 24.0 Å². The maximum Gasteiger partial charge on any atom is 0.338 e. The molecule has 1 aromatic carbocycles. The van der Waals surface area contributed by atoms with Crippen LogP contribution in [0, 0.1) is 13.8 Å². The Bertz CT molecular complexity index is 1090. The van der Waals surface area contributed by atoms with Gasteiger partial charge in [0, 0.05) is 23.6 Å². The van der Waals surface area contributed by atoms with E-state index in [1.807, 2.05) is 36.6 Å². The first-order valence-electron chi connectivity index (χ1n) is 9.66. The van der Waals surface area contributed by atoms with Crippen LogP contribution in [-0.4, -0.2) is 49.9 Å². The predicted molar refractivity (Wildman–Crippen MR) is 123 cm³/mol. The number of aryl methyl sites for hydroxylation is 1. The molecule has 1 aliphatic rings. The number of hydrogen-bond acceptors (Lipinski definition) is 6. The number of thioether (sulfide) groups is 1. The summed E-state index contributed by atoms with van der Waals surface area (Å²) in [5.41, 5.74) is 4.13. The third-order valence-electron chi connectivity index (χ3n) is 4.82. The van der Waals surface area contributed by atoms with Gasteiger partial charge < -0.3 is 14.4 Å². The van der Waals surface area contributed by atoms with Gasteiger partial charge in [-0.2, -0.15) is 0 Å². The molecule has 1 N–H and O–H groups in total. The summed E-state index contributed by atoms with van der Waals surface area (Å²) in [6.07, 6.45) is 1.63. The SMILES string of the molecule is CCOC(=O)c1ccc(-n2c(C)cc(/C=C3\SC(=S)N(CCC(=O)O)C3=O)c2C)cc1. The van der Waals surface area contributed by atoms with Crippen molar-refractivity contribution in [2.75, 3.05) is 13.2 Å². The van der Waals surface area contributed by atoms with Gasteiger partial charge >= 0.3 is 11.9 Å². The van der Waals surface area contributed by atoms with Crippen LogP contribution in [0.5, 0.6) is 0 Å². The monoisotopic (exact) mass is 458 g/mol. The number of benzene rings is 1. The maximum absolute atomic E-state index is 12.7. The number of aromatic nitrogens is 1. The third-order valence-corrected chi connectivity index (χ3v) is 6.19.